The summed E-state index contributed by atoms with van der Waals surface area (Å²) in [4.78, 5) is 26.9. The van der Waals surface area contributed by atoms with E-state index in [1.807, 2.05) is 30.3 Å². The van der Waals surface area contributed by atoms with E-state index in [9.17, 15) is 14.0 Å². The van der Waals surface area contributed by atoms with Crippen molar-refractivity contribution in [3.63, 3.8) is 0 Å². The molecule has 0 unspecified atom stereocenters. The van der Waals surface area contributed by atoms with Crippen molar-refractivity contribution in [1.29, 1.82) is 0 Å². The first-order valence-electron chi connectivity index (χ1n) is 12.3. The van der Waals surface area contributed by atoms with Crippen LogP contribution in [0.25, 0.3) is 0 Å². The fourth-order valence-corrected chi connectivity index (χ4v) is 4.18. The van der Waals surface area contributed by atoms with Crippen LogP contribution in [0, 0.1) is 5.82 Å². The maximum absolute atomic E-state index is 14.1. The third kappa shape index (κ3) is 7.21. The minimum atomic E-state index is -0.526. The highest BCUT2D eigenvalue weighted by Crippen LogP contribution is 2.25. The van der Waals surface area contributed by atoms with Gasteiger partial charge in [0.1, 0.15) is 17.3 Å². The van der Waals surface area contributed by atoms with Gasteiger partial charge >= 0.3 is 12.1 Å². The zero-order chi connectivity index (χ0) is 25.2. The first-order valence-corrected chi connectivity index (χ1v) is 12.3. The van der Waals surface area contributed by atoms with Crippen LogP contribution in [0.15, 0.2) is 78.9 Å². The summed E-state index contributed by atoms with van der Waals surface area (Å²) in [5.74, 6) is 0.791. The van der Waals surface area contributed by atoms with Crippen molar-refractivity contribution in [1.82, 2.24) is 10.6 Å². The lowest BCUT2D eigenvalue weighted by Crippen LogP contribution is -2.46. The van der Waals surface area contributed by atoms with Crippen LogP contribution in [0.2, 0.25) is 0 Å². The number of hydrogen-bond acceptors (Lipinski definition) is 3. The van der Waals surface area contributed by atoms with Gasteiger partial charge in [0.05, 0.1) is 5.69 Å². The Morgan fingerprint density at radius 3 is 2.25 bits per heavy atom. The summed E-state index contributed by atoms with van der Waals surface area (Å²) in [5, 5.41) is 8.46. The summed E-state index contributed by atoms with van der Waals surface area (Å²) in [5.41, 5.74) is 0.665. The monoisotopic (exact) mass is 490 g/mol. The van der Waals surface area contributed by atoms with Gasteiger partial charge in [-0.3, -0.25) is 4.90 Å². The second-order valence-corrected chi connectivity index (χ2v) is 8.71. The van der Waals surface area contributed by atoms with Crippen LogP contribution in [0.1, 0.15) is 32.1 Å². The molecule has 0 aliphatic heterocycles. The van der Waals surface area contributed by atoms with E-state index in [1.165, 1.54) is 23.5 Å². The Labute approximate surface area is 210 Å². The van der Waals surface area contributed by atoms with E-state index in [4.69, 9.17) is 4.74 Å². The summed E-state index contributed by atoms with van der Waals surface area (Å²) >= 11 is 0. The van der Waals surface area contributed by atoms with Gasteiger partial charge in [-0.25, -0.2) is 14.0 Å². The lowest BCUT2D eigenvalue weighted by Gasteiger charge is -2.25. The first-order chi connectivity index (χ1) is 17.6. The van der Waals surface area contributed by atoms with Gasteiger partial charge in [0.2, 0.25) is 0 Å². The van der Waals surface area contributed by atoms with E-state index in [0.29, 0.717) is 17.2 Å². The number of benzene rings is 3. The van der Waals surface area contributed by atoms with E-state index in [0.717, 1.165) is 25.7 Å². The van der Waals surface area contributed by atoms with Crippen LogP contribution in [0.4, 0.5) is 25.4 Å². The number of nitrogens with zero attached hydrogens (tertiary/aromatic N) is 1. The van der Waals surface area contributed by atoms with E-state index >= 15 is 0 Å². The van der Waals surface area contributed by atoms with Gasteiger partial charge in [-0.1, -0.05) is 49.6 Å². The summed E-state index contributed by atoms with van der Waals surface area (Å²) in [6, 6.07) is 21.8. The molecule has 4 amide bonds. The fourth-order valence-electron chi connectivity index (χ4n) is 4.18. The third-order valence-corrected chi connectivity index (χ3v) is 6.05. The van der Waals surface area contributed by atoms with Crippen LogP contribution in [-0.4, -0.2) is 31.2 Å². The molecular formula is C28H31FN4O3. The largest absolute Gasteiger partial charge is 0.457 e. The van der Waals surface area contributed by atoms with Crippen molar-refractivity contribution in [3.05, 3.63) is 84.7 Å². The van der Waals surface area contributed by atoms with Gasteiger partial charge in [-0.15, -0.1) is 0 Å². The Morgan fingerprint density at radius 1 is 0.861 bits per heavy atom. The molecule has 0 heterocycles. The van der Waals surface area contributed by atoms with E-state index in [2.05, 4.69) is 16.0 Å². The molecule has 1 aliphatic carbocycles. The molecule has 4 rings (SSSR count). The van der Waals surface area contributed by atoms with Crippen LogP contribution >= 0.6 is 0 Å². The molecule has 0 aromatic heterocycles. The van der Waals surface area contributed by atoms with Crippen LogP contribution < -0.4 is 25.6 Å². The van der Waals surface area contributed by atoms with Crippen molar-refractivity contribution in [2.24, 2.45) is 0 Å². The molecule has 36 heavy (non-hydrogen) atoms. The van der Waals surface area contributed by atoms with Gasteiger partial charge < -0.3 is 20.7 Å². The molecule has 1 fully saturated rings. The number of urea groups is 2. The highest BCUT2D eigenvalue weighted by atomic mass is 19.1. The molecule has 188 valence electrons. The minimum Gasteiger partial charge on any atom is -0.457 e. The highest BCUT2D eigenvalue weighted by molar-refractivity contribution is 6.01. The SMILES string of the molecule is O=C(NCCN(C(=O)Nc1ccccc1F)c1ccc(Oc2ccccc2)cc1)NC1CCCCC1. The molecule has 0 spiro atoms. The van der Waals surface area contributed by atoms with Gasteiger partial charge in [-0.05, 0) is 61.4 Å². The number of nitrogens with one attached hydrogen (secondary N) is 3. The molecule has 1 saturated carbocycles. The predicted molar refractivity (Wildman–Crippen MR) is 139 cm³/mol. The Balaban J connectivity index is 1.41. The topological polar surface area (TPSA) is 82.7 Å². The molecule has 7 nitrogen and oxygen atoms in total. The molecule has 0 atom stereocenters. The molecule has 3 aromatic carbocycles. The predicted octanol–water partition coefficient (Wildman–Crippen LogP) is 6.29. The zero-order valence-electron chi connectivity index (χ0n) is 20.1. The average Bonchev–Trinajstić information content (AvgIpc) is 2.90. The molecule has 0 saturated heterocycles. The average molecular weight is 491 g/mol. The Bertz CT molecular complexity index is 1140. The number of carbonyl (C=O) groups excluding carboxylic acids is 2. The van der Waals surface area contributed by atoms with Gasteiger partial charge in [0, 0.05) is 24.8 Å². The second kappa shape index (κ2) is 12.6. The first kappa shape index (κ1) is 25.0. The molecule has 3 aromatic rings. The number of halogens is 1. The zero-order valence-corrected chi connectivity index (χ0v) is 20.1. The standard InChI is InChI=1S/C28H31FN4O3/c29-25-13-7-8-14-26(25)32-28(35)33(20-19-30-27(34)31-21-9-3-1-4-10-21)22-15-17-24(18-16-22)36-23-11-5-2-6-12-23/h2,5-8,11-18,21H,1,3-4,9-10,19-20H2,(H,32,35)(H2,30,31,34). The van der Waals surface area contributed by atoms with Crippen molar-refractivity contribution in [2.75, 3.05) is 23.3 Å². The summed E-state index contributed by atoms with van der Waals surface area (Å²) in [6.45, 7) is 0.419. The van der Waals surface area contributed by atoms with Gasteiger partial charge in [-0.2, -0.15) is 0 Å². The number of para-hydroxylation sites is 2. The fraction of sp³-hybridized carbons (Fsp3) is 0.286. The van der Waals surface area contributed by atoms with Crippen molar-refractivity contribution < 1.29 is 18.7 Å². The normalized spacial score (nSPS) is 13.5. The molecule has 8 heteroatoms. The minimum absolute atomic E-state index is 0.0829. The van der Waals surface area contributed by atoms with Crippen LogP contribution in [-0.2, 0) is 0 Å². The lowest BCUT2D eigenvalue weighted by molar-refractivity contribution is 0.232. The summed E-state index contributed by atoms with van der Waals surface area (Å²) < 4.78 is 20.0. The van der Waals surface area contributed by atoms with E-state index < -0.39 is 11.8 Å². The summed E-state index contributed by atoms with van der Waals surface area (Å²) in [6.07, 6.45) is 5.43. The number of carbonyl (C=O) groups is 2. The van der Waals surface area contributed by atoms with E-state index in [-0.39, 0.29) is 30.8 Å². The highest BCUT2D eigenvalue weighted by Gasteiger charge is 2.19. The number of anilines is 2. The number of hydrogen-bond donors (Lipinski definition) is 3. The quantitative estimate of drug-likeness (QED) is 0.347. The van der Waals surface area contributed by atoms with Crippen molar-refractivity contribution in [3.8, 4) is 11.5 Å². The van der Waals surface area contributed by atoms with Crippen molar-refractivity contribution in [2.45, 2.75) is 38.1 Å². The maximum atomic E-state index is 14.1. The molecule has 0 bridgehead atoms. The molecular weight excluding hydrogens is 459 g/mol. The smallest absolute Gasteiger partial charge is 0.326 e. The summed E-state index contributed by atoms with van der Waals surface area (Å²) in [7, 11) is 0. The van der Waals surface area contributed by atoms with Crippen LogP contribution in [0.5, 0.6) is 11.5 Å². The Hall–Kier alpha value is -4.07. The maximum Gasteiger partial charge on any atom is 0.326 e. The molecule has 0 radical (unpaired) electrons. The van der Waals surface area contributed by atoms with Gasteiger partial charge in [0.15, 0.2) is 0 Å². The van der Waals surface area contributed by atoms with Crippen molar-refractivity contribution >= 4 is 23.4 Å². The second-order valence-electron chi connectivity index (χ2n) is 8.71. The van der Waals surface area contributed by atoms with Crippen LogP contribution in [0.3, 0.4) is 0 Å². The third-order valence-electron chi connectivity index (χ3n) is 6.05. The number of amides is 4. The number of rotatable bonds is 8. The molecule has 1 aliphatic rings. The Kier molecular flexibility index (Phi) is 8.75. The van der Waals surface area contributed by atoms with Gasteiger partial charge in [0.25, 0.3) is 0 Å². The number of ether oxygens (including phenoxy) is 1. The Morgan fingerprint density at radius 2 is 1.53 bits per heavy atom. The molecule has 3 N–H and O–H groups in total. The van der Waals surface area contributed by atoms with E-state index in [1.54, 1.807) is 36.4 Å². The lowest BCUT2D eigenvalue weighted by atomic mass is 9.96.